The molecule has 1 aliphatic rings. The number of carbonyl (C=O) groups excluding carboxylic acids is 2. The average Bonchev–Trinajstić information content (AvgIpc) is 2.92. The number of hydrogen-bond donors (Lipinski definition) is 1. The zero-order chi connectivity index (χ0) is 17.0. The maximum absolute atomic E-state index is 12.4. The monoisotopic (exact) mass is 340 g/mol. The van der Waals surface area contributed by atoms with Crippen molar-refractivity contribution in [3.05, 3.63) is 18.2 Å². The van der Waals surface area contributed by atoms with Crippen molar-refractivity contribution < 1.29 is 22.7 Å². The Balaban J connectivity index is 2.31. The molecule has 1 aliphatic heterocycles. The molecule has 0 aromatic heterocycles. The lowest BCUT2D eigenvalue weighted by atomic mass is 10.3. The largest absolute Gasteiger partial charge is 0.495 e. The predicted molar refractivity (Wildman–Crippen MR) is 85.1 cm³/mol. The molecule has 1 fully saturated rings. The number of sulfonamides is 1. The zero-order valence-electron chi connectivity index (χ0n) is 13.2. The molecule has 1 N–H and O–H groups in total. The minimum atomic E-state index is -3.83. The van der Waals surface area contributed by atoms with Gasteiger partial charge in [-0.05, 0) is 31.5 Å². The SMILES string of the molecule is COc1ccc(N2CCCC2=O)cc1S(=O)(=O)NCCC(C)=O. The molecule has 0 unspecified atom stereocenters. The van der Waals surface area contributed by atoms with E-state index in [0.717, 1.165) is 6.42 Å². The molecule has 1 amide bonds. The van der Waals surface area contributed by atoms with Crippen LogP contribution in [0.1, 0.15) is 26.2 Å². The second-order valence-corrected chi connectivity index (χ2v) is 7.07. The fourth-order valence-corrected chi connectivity index (χ4v) is 3.62. The predicted octanol–water partition coefficient (Wildman–Crippen LogP) is 1.08. The number of rotatable bonds is 7. The van der Waals surface area contributed by atoms with Gasteiger partial charge in [-0.3, -0.25) is 9.59 Å². The molecule has 0 spiro atoms. The van der Waals surface area contributed by atoms with Crippen LogP contribution in [0.25, 0.3) is 0 Å². The summed E-state index contributed by atoms with van der Waals surface area (Å²) in [7, 11) is -2.45. The molecular formula is C15H20N2O5S. The van der Waals surface area contributed by atoms with E-state index in [9.17, 15) is 18.0 Å². The summed E-state index contributed by atoms with van der Waals surface area (Å²) < 4.78 is 32.4. The van der Waals surface area contributed by atoms with Gasteiger partial charge in [-0.1, -0.05) is 0 Å². The zero-order valence-corrected chi connectivity index (χ0v) is 14.0. The van der Waals surface area contributed by atoms with Gasteiger partial charge >= 0.3 is 0 Å². The van der Waals surface area contributed by atoms with Gasteiger partial charge in [0.1, 0.15) is 16.4 Å². The summed E-state index contributed by atoms with van der Waals surface area (Å²) in [6.07, 6.45) is 1.33. The first kappa shape index (κ1) is 17.4. The minimum Gasteiger partial charge on any atom is -0.495 e. The van der Waals surface area contributed by atoms with Crippen molar-refractivity contribution in [1.29, 1.82) is 0 Å². The summed E-state index contributed by atoms with van der Waals surface area (Å²) in [6, 6.07) is 4.62. The van der Waals surface area contributed by atoms with Gasteiger partial charge in [0.25, 0.3) is 0 Å². The number of ketones is 1. The number of Topliss-reactive ketones (excluding diaryl/α,β-unsaturated/α-hetero) is 1. The number of carbonyl (C=O) groups is 2. The first-order valence-corrected chi connectivity index (χ1v) is 8.81. The highest BCUT2D eigenvalue weighted by atomic mass is 32.2. The third-order valence-electron chi connectivity index (χ3n) is 3.59. The highest BCUT2D eigenvalue weighted by molar-refractivity contribution is 7.89. The number of anilines is 1. The molecule has 0 atom stereocenters. The van der Waals surface area contributed by atoms with Gasteiger partial charge in [-0.25, -0.2) is 13.1 Å². The van der Waals surface area contributed by atoms with Gasteiger partial charge in [0.15, 0.2) is 0 Å². The summed E-state index contributed by atoms with van der Waals surface area (Å²) in [4.78, 5) is 24.3. The molecular weight excluding hydrogens is 320 g/mol. The number of nitrogens with one attached hydrogen (secondary N) is 1. The molecule has 1 aromatic rings. The Morgan fingerprint density at radius 2 is 2.13 bits per heavy atom. The highest BCUT2D eigenvalue weighted by Crippen LogP contribution is 2.30. The molecule has 0 radical (unpaired) electrons. The lowest BCUT2D eigenvalue weighted by molar-refractivity contribution is -0.117. The van der Waals surface area contributed by atoms with Gasteiger partial charge in [-0.15, -0.1) is 0 Å². The van der Waals surface area contributed by atoms with E-state index in [1.54, 1.807) is 11.0 Å². The lowest BCUT2D eigenvalue weighted by Crippen LogP contribution is -2.27. The maximum atomic E-state index is 12.4. The van der Waals surface area contributed by atoms with Crippen molar-refractivity contribution >= 4 is 27.4 Å². The van der Waals surface area contributed by atoms with Crippen LogP contribution >= 0.6 is 0 Å². The third kappa shape index (κ3) is 4.08. The van der Waals surface area contributed by atoms with Crippen LogP contribution in [0.4, 0.5) is 5.69 Å². The van der Waals surface area contributed by atoms with E-state index >= 15 is 0 Å². The van der Waals surface area contributed by atoms with Crippen LogP contribution in [0.3, 0.4) is 0 Å². The first-order valence-electron chi connectivity index (χ1n) is 7.32. The standard InChI is InChI=1S/C15H20N2O5S/c1-11(18)7-8-16-23(20,21)14-10-12(5-6-13(14)22-2)17-9-3-4-15(17)19/h5-6,10,16H,3-4,7-9H2,1-2H3. The van der Waals surface area contributed by atoms with Crippen molar-refractivity contribution in [3.63, 3.8) is 0 Å². The Morgan fingerprint density at radius 3 is 2.70 bits per heavy atom. The molecule has 0 saturated carbocycles. The van der Waals surface area contributed by atoms with Gasteiger partial charge in [-0.2, -0.15) is 0 Å². The van der Waals surface area contributed by atoms with Crippen molar-refractivity contribution in [3.8, 4) is 5.75 Å². The Labute approximate surface area is 135 Å². The van der Waals surface area contributed by atoms with E-state index in [2.05, 4.69) is 4.72 Å². The molecule has 8 heteroatoms. The molecule has 0 bridgehead atoms. The van der Waals surface area contributed by atoms with Crippen LogP contribution in [0.2, 0.25) is 0 Å². The van der Waals surface area contributed by atoms with E-state index in [-0.39, 0.29) is 35.3 Å². The van der Waals surface area contributed by atoms with Crippen molar-refractivity contribution in [1.82, 2.24) is 4.72 Å². The lowest BCUT2D eigenvalue weighted by Gasteiger charge is -2.18. The van der Waals surface area contributed by atoms with Crippen molar-refractivity contribution in [2.24, 2.45) is 0 Å². The van der Waals surface area contributed by atoms with Gasteiger partial charge < -0.3 is 9.64 Å². The Morgan fingerprint density at radius 1 is 1.39 bits per heavy atom. The molecule has 126 valence electrons. The van der Waals surface area contributed by atoms with Gasteiger partial charge in [0.05, 0.1) is 7.11 Å². The Kier molecular flexibility index (Phi) is 5.38. The van der Waals surface area contributed by atoms with E-state index in [0.29, 0.717) is 18.7 Å². The van der Waals surface area contributed by atoms with E-state index in [1.807, 2.05) is 0 Å². The van der Waals surface area contributed by atoms with Crippen LogP contribution in [-0.2, 0) is 19.6 Å². The molecule has 23 heavy (non-hydrogen) atoms. The molecule has 0 aliphatic carbocycles. The van der Waals surface area contributed by atoms with Gasteiger partial charge in [0.2, 0.25) is 15.9 Å². The number of benzene rings is 1. The quantitative estimate of drug-likeness (QED) is 0.802. The van der Waals surface area contributed by atoms with Crippen LogP contribution in [-0.4, -0.2) is 40.3 Å². The minimum absolute atomic E-state index is 0.0215. The topological polar surface area (TPSA) is 92.8 Å². The summed E-state index contributed by atoms with van der Waals surface area (Å²) in [5.74, 6) is 0.0647. The number of amides is 1. The maximum Gasteiger partial charge on any atom is 0.244 e. The first-order chi connectivity index (χ1) is 10.8. The summed E-state index contributed by atoms with van der Waals surface area (Å²) in [6.45, 7) is 1.99. The number of hydrogen-bond acceptors (Lipinski definition) is 5. The van der Waals surface area contributed by atoms with Gasteiger partial charge in [0, 0.05) is 31.6 Å². The van der Waals surface area contributed by atoms with Crippen LogP contribution in [0, 0.1) is 0 Å². The van der Waals surface area contributed by atoms with E-state index < -0.39 is 10.0 Å². The average molecular weight is 340 g/mol. The second kappa shape index (κ2) is 7.10. The van der Waals surface area contributed by atoms with Crippen molar-refractivity contribution in [2.45, 2.75) is 31.1 Å². The molecule has 2 rings (SSSR count). The van der Waals surface area contributed by atoms with E-state index in [1.165, 1.54) is 26.2 Å². The summed E-state index contributed by atoms with van der Waals surface area (Å²) in [5.41, 5.74) is 0.528. The number of ether oxygens (including phenoxy) is 1. The Bertz CT molecular complexity index is 715. The Hall–Kier alpha value is -1.93. The van der Waals surface area contributed by atoms with Crippen molar-refractivity contribution in [2.75, 3.05) is 25.1 Å². The van der Waals surface area contributed by atoms with Crippen LogP contribution in [0.5, 0.6) is 5.75 Å². The third-order valence-corrected chi connectivity index (χ3v) is 5.07. The molecule has 7 nitrogen and oxygen atoms in total. The fraction of sp³-hybridized carbons (Fsp3) is 0.467. The normalized spacial score (nSPS) is 15.0. The molecule has 1 saturated heterocycles. The second-order valence-electron chi connectivity index (χ2n) is 5.33. The molecule has 1 heterocycles. The van der Waals surface area contributed by atoms with Crippen LogP contribution < -0.4 is 14.4 Å². The highest BCUT2D eigenvalue weighted by Gasteiger charge is 2.25. The number of methoxy groups -OCH3 is 1. The smallest absolute Gasteiger partial charge is 0.244 e. The number of nitrogens with zero attached hydrogens (tertiary/aromatic N) is 1. The fourth-order valence-electron chi connectivity index (χ4n) is 2.40. The molecule has 1 aromatic carbocycles. The van der Waals surface area contributed by atoms with E-state index in [4.69, 9.17) is 4.74 Å². The summed E-state index contributed by atoms with van der Waals surface area (Å²) >= 11 is 0. The van der Waals surface area contributed by atoms with Crippen LogP contribution in [0.15, 0.2) is 23.1 Å². The summed E-state index contributed by atoms with van der Waals surface area (Å²) in [5, 5.41) is 0.